The van der Waals surface area contributed by atoms with E-state index in [0.717, 1.165) is 26.2 Å². The fraction of sp³-hybridized carbons (Fsp3) is 1.00. The molecule has 1 aliphatic heterocycles. The highest BCUT2D eigenvalue weighted by molar-refractivity contribution is 4.76. The Bertz CT molecular complexity index is 152. The first kappa shape index (κ1) is 12.0. The average Bonchev–Trinajstić information content (AvgIpc) is 2.62. The number of likely N-dealkylation sites (N-methyl/N-ethyl adjacent to an activating group) is 2. The minimum atomic E-state index is 0.449. The molecule has 0 aliphatic carbocycles. The van der Waals surface area contributed by atoms with Crippen molar-refractivity contribution in [1.29, 1.82) is 0 Å². The molecule has 0 saturated carbocycles. The van der Waals surface area contributed by atoms with Crippen LogP contribution in [0.25, 0.3) is 0 Å². The second-order valence-electron chi connectivity index (χ2n) is 4.12. The molecule has 0 aromatic rings. The van der Waals surface area contributed by atoms with Crippen LogP contribution in [0.3, 0.4) is 0 Å². The number of hydrogen-bond donors (Lipinski definition) is 1. The molecule has 1 N–H and O–H groups in total. The number of ether oxygens (including phenoxy) is 1. The molecule has 1 saturated heterocycles. The summed E-state index contributed by atoms with van der Waals surface area (Å²) >= 11 is 0. The van der Waals surface area contributed by atoms with Gasteiger partial charge in [-0.05, 0) is 33.0 Å². The molecule has 0 radical (unpaired) electrons. The van der Waals surface area contributed by atoms with Crippen LogP contribution in [0.2, 0.25) is 0 Å². The van der Waals surface area contributed by atoms with Gasteiger partial charge in [0.2, 0.25) is 0 Å². The van der Waals surface area contributed by atoms with Crippen molar-refractivity contribution in [3.05, 3.63) is 0 Å². The highest BCUT2D eigenvalue weighted by Gasteiger charge is 2.25. The predicted octanol–water partition coefficient (Wildman–Crippen LogP) is 1.10. The highest BCUT2D eigenvalue weighted by Crippen LogP contribution is 2.19. The molecule has 1 rings (SSSR count). The Labute approximate surface area is 87.8 Å². The lowest BCUT2D eigenvalue weighted by Crippen LogP contribution is -2.31. The third-order valence-corrected chi connectivity index (χ3v) is 2.87. The quantitative estimate of drug-likeness (QED) is 0.695. The zero-order valence-corrected chi connectivity index (χ0v) is 9.75. The van der Waals surface area contributed by atoms with E-state index in [0.29, 0.717) is 12.2 Å². The first-order chi connectivity index (χ1) is 6.76. The van der Waals surface area contributed by atoms with Gasteiger partial charge in [-0.1, -0.05) is 13.8 Å². The van der Waals surface area contributed by atoms with Gasteiger partial charge in [0.1, 0.15) is 0 Å². The third kappa shape index (κ3) is 3.95. The summed E-state index contributed by atoms with van der Waals surface area (Å²) in [6.07, 6.45) is 3.35. The number of rotatable bonds is 6. The summed E-state index contributed by atoms with van der Waals surface area (Å²) in [5.41, 5.74) is 0. The van der Waals surface area contributed by atoms with Crippen molar-refractivity contribution in [3.8, 4) is 0 Å². The predicted molar refractivity (Wildman–Crippen MR) is 59.6 cm³/mol. The molecule has 0 amide bonds. The molecule has 3 nitrogen and oxygen atoms in total. The Balaban J connectivity index is 2.13. The van der Waals surface area contributed by atoms with Gasteiger partial charge >= 0.3 is 0 Å². The molecule has 84 valence electrons. The van der Waals surface area contributed by atoms with Crippen LogP contribution >= 0.6 is 0 Å². The van der Waals surface area contributed by atoms with Crippen LogP contribution in [0.1, 0.15) is 26.7 Å². The van der Waals surface area contributed by atoms with E-state index in [9.17, 15) is 0 Å². The number of nitrogens with zero attached hydrogens (tertiary/aromatic N) is 1. The van der Waals surface area contributed by atoms with Crippen LogP contribution in [0.5, 0.6) is 0 Å². The summed E-state index contributed by atoms with van der Waals surface area (Å²) in [5.74, 6) is 0. The molecule has 0 bridgehead atoms. The molecule has 2 unspecified atom stereocenters. The number of hydrogen-bond acceptors (Lipinski definition) is 3. The Morgan fingerprint density at radius 3 is 2.64 bits per heavy atom. The van der Waals surface area contributed by atoms with Gasteiger partial charge in [-0.3, -0.25) is 0 Å². The standard InChI is InChI=1S/C11H24N2O/c1-4-12-8-10-6-7-11(14-10)9-13(3)5-2/h10-12H,4-9H2,1-3H3. The van der Waals surface area contributed by atoms with Crippen molar-refractivity contribution in [2.24, 2.45) is 0 Å². The van der Waals surface area contributed by atoms with E-state index in [-0.39, 0.29) is 0 Å². The maximum absolute atomic E-state index is 5.93. The SMILES string of the molecule is CCNCC1CCC(CN(C)CC)O1. The topological polar surface area (TPSA) is 24.5 Å². The molecule has 3 heteroatoms. The summed E-state index contributed by atoms with van der Waals surface area (Å²) in [5, 5.41) is 3.34. The highest BCUT2D eigenvalue weighted by atomic mass is 16.5. The fourth-order valence-corrected chi connectivity index (χ4v) is 1.85. The molecule has 1 fully saturated rings. The normalized spacial score (nSPS) is 27.4. The largest absolute Gasteiger partial charge is 0.372 e. The fourth-order valence-electron chi connectivity index (χ4n) is 1.85. The van der Waals surface area contributed by atoms with Gasteiger partial charge in [0.25, 0.3) is 0 Å². The van der Waals surface area contributed by atoms with Crippen LogP contribution in [-0.2, 0) is 4.74 Å². The molecule has 1 heterocycles. The van der Waals surface area contributed by atoms with Gasteiger partial charge in [0.15, 0.2) is 0 Å². The maximum Gasteiger partial charge on any atom is 0.0707 e. The van der Waals surface area contributed by atoms with Crippen LogP contribution in [0.15, 0.2) is 0 Å². The van der Waals surface area contributed by atoms with Gasteiger partial charge in [-0.25, -0.2) is 0 Å². The van der Waals surface area contributed by atoms with Crippen molar-refractivity contribution in [2.45, 2.75) is 38.9 Å². The lowest BCUT2D eigenvalue weighted by atomic mass is 10.2. The second kappa shape index (κ2) is 6.38. The van der Waals surface area contributed by atoms with Gasteiger partial charge in [-0.2, -0.15) is 0 Å². The third-order valence-electron chi connectivity index (χ3n) is 2.87. The first-order valence-corrected chi connectivity index (χ1v) is 5.81. The molecule has 2 atom stereocenters. The molecule has 1 aliphatic rings. The van der Waals surface area contributed by atoms with E-state index in [1.165, 1.54) is 12.8 Å². The Morgan fingerprint density at radius 1 is 1.29 bits per heavy atom. The van der Waals surface area contributed by atoms with Crippen LogP contribution < -0.4 is 5.32 Å². The van der Waals surface area contributed by atoms with Crippen LogP contribution in [0.4, 0.5) is 0 Å². The van der Waals surface area contributed by atoms with Crippen molar-refractivity contribution < 1.29 is 4.74 Å². The molecule has 0 spiro atoms. The Hall–Kier alpha value is -0.120. The molecular weight excluding hydrogens is 176 g/mol. The minimum absolute atomic E-state index is 0.449. The van der Waals surface area contributed by atoms with E-state index in [2.05, 4.69) is 31.1 Å². The number of nitrogens with one attached hydrogen (secondary N) is 1. The van der Waals surface area contributed by atoms with Crippen molar-refractivity contribution in [2.75, 3.05) is 33.2 Å². The summed E-state index contributed by atoms with van der Waals surface area (Å²) in [4.78, 5) is 2.32. The maximum atomic E-state index is 5.93. The van der Waals surface area contributed by atoms with E-state index in [4.69, 9.17) is 4.74 Å². The van der Waals surface area contributed by atoms with Gasteiger partial charge in [0.05, 0.1) is 12.2 Å². The monoisotopic (exact) mass is 200 g/mol. The van der Waals surface area contributed by atoms with E-state index >= 15 is 0 Å². The van der Waals surface area contributed by atoms with Crippen molar-refractivity contribution in [3.63, 3.8) is 0 Å². The molecule has 14 heavy (non-hydrogen) atoms. The molecular formula is C11H24N2O. The summed E-state index contributed by atoms with van der Waals surface area (Å²) in [6, 6.07) is 0. The smallest absolute Gasteiger partial charge is 0.0707 e. The van der Waals surface area contributed by atoms with Crippen molar-refractivity contribution >= 4 is 0 Å². The average molecular weight is 200 g/mol. The van der Waals surface area contributed by atoms with E-state index < -0.39 is 0 Å². The zero-order valence-electron chi connectivity index (χ0n) is 9.75. The van der Waals surface area contributed by atoms with E-state index in [1.807, 2.05) is 0 Å². The van der Waals surface area contributed by atoms with E-state index in [1.54, 1.807) is 0 Å². The second-order valence-corrected chi connectivity index (χ2v) is 4.12. The van der Waals surface area contributed by atoms with Gasteiger partial charge < -0.3 is 15.0 Å². The van der Waals surface area contributed by atoms with Crippen LogP contribution in [0, 0.1) is 0 Å². The molecule has 0 aromatic carbocycles. The Morgan fingerprint density at radius 2 is 2.00 bits per heavy atom. The summed E-state index contributed by atoms with van der Waals surface area (Å²) in [6.45, 7) is 8.57. The van der Waals surface area contributed by atoms with Gasteiger partial charge in [0, 0.05) is 13.1 Å². The molecule has 0 aromatic heterocycles. The van der Waals surface area contributed by atoms with Crippen molar-refractivity contribution in [1.82, 2.24) is 10.2 Å². The summed E-state index contributed by atoms with van der Waals surface area (Å²) < 4.78 is 5.93. The van der Waals surface area contributed by atoms with Gasteiger partial charge in [-0.15, -0.1) is 0 Å². The minimum Gasteiger partial charge on any atom is -0.372 e. The lowest BCUT2D eigenvalue weighted by molar-refractivity contribution is 0.0290. The zero-order chi connectivity index (χ0) is 10.4. The summed E-state index contributed by atoms with van der Waals surface area (Å²) in [7, 11) is 2.15. The van der Waals surface area contributed by atoms with Crippen LogP contribution in [-0.4, -0.2) is 50.3 Å². The first-order valence-electron chi connectivity index (χ1n) is 5.81. The lowest BCUT2D eigenvalue weighted by Gasteiger charge is -2.19. The Kier molecular flexibility index (Phi) is 5.45.